The Morgan fingerprint density at radius 1 is 1.00 bits per heavy atom. The van der Waals surface area contributed by atoms with Crippen molar-refractivity contribution in [3.8, 4) is 5.69 Å². The van der Waals surface area contributed by atoms with Crippen molar-refractivity contribution in [3.63, 3.8) is 0 Å². The van der Waals surface area contributed by atoms with Gasteiger partial charge in [0, 0.05) is 36.7 Å². The molecule has 0 bridgehead atoms. The molecule has 8 heteroatoms. The highest BCUT2D eigenvalue weighted by Gasteiger charge is 2.25. The monoisotopic (exact) mass is 551 g/mol. The predicted octanol–water partition coefficient (Wildman–Crippen LogP) is 4.82. The Balaban J connectivity index is 1.40. The van der Waals surface area contributed by atoms with E-state index in [-0.39, 0.29) is 11.3 Å². The van der Waals surface area contributed by atoms with Crippen molar-refractivity contribution < 1.29 is 14.4 Å². The fourth-order valence-corrected chi connectivity index (χ4v) is 5.13. The van der Waals surface area contributed by atoms with E-state index < -0.39 is 11.7 Å². The van der Waals surface area contributed by atoms with Gasteiger partial charge in [-0.05, 0) is 54.3 Å². The van der Waals surface area contributed by atoms with E-state index in [2.05, 4.69) is 36.3 Å². The minimum absolute atomic E-state index is 0.0534. The topological polar surface area (TPSA) is 96.3 Å². The lowest BCUT2D eigenvalue weighted by Gasteiger charge is -2.19. The fraction of sp³-hybridized carbons (Fsp3) is 0.333. The van der Waals surface area contributed by atoms with Gasteiger partial charge < -0.3 is 10.6 Å². The molecule has 1 aromatic heterocycles. The van der Waals surface area contributed by atoms with Gasteiger partial charge in [0.2, 0.25) is 5.91 Å². The molecule has 0 atom stereocenters. The first-order valence-corrected chi connectivity index (χ1v) is 14.1. The molecule has 0 radical (unpaired) electrons. The van der Waals surface area contributed by atoms with E-state index in [1.54, 1.807) is 10.7 Å². The van der Waals surface area contributed by atoms with Crippen LogP contribution in [0.1, 0.15) is 54.4 Å². The van der Waals surface area contributed by atoms with Crippen LogP contribution in [0.2, 0.25) is 0 Å². The molecule has 41 heavy (non-hydrogen) atoms. The quantitative estimate of drug-likeness (QED) is 0.254. The Morgan fingerprint density at radius 3 is 2.46 bits per heavy atom. The second kappa shape index (κ2) is 11.7. The molecule has 8 nitrogen and oxygen atoms in total. The molecule has 2 N–H and O–H groups in total. The third-order valence-corrected chi connectivity index (χ3v) is 7.50. The number of ketones is 1. The van der Waals surface area contributed by atoms with Crippen LogP contribution in [0.25, 0.3) is 16.5 Å². The number of nitrogens with zero attached hydrogens (tertiary/aromatic N) is 3. The molecule has 3 aromatic carbocycles. The molecule has 1 aliphatic heterocycles. The summed E-state index contributed by atoms with van der Waals surface area (Å²) in [6, 6.07) is 21.0. The third kappa shape index (κ3) is 6.38. The average Bonchev–Trinajstić information content (AvgIpc) is 3.26. The predicted molar refractivity (Wildman–Crippen MR) is 162 cm³/mol. The first kappa shape index (κ1) is 28.2. The van der Waals surface area contributed by atoms with Crippen LogP contribution >= 0.6 is 0 Å². The number of Topliss-reactive ketones (excluding diaryl/α,β-unsaturated/α-hetero) is 1. The van der Waals surface area contributed by atoms with Gasteiger partial charge in [0.15, 0.2) is 0 Å². The van der Waals surface area contributed by atoms with Crippen LogP contribution in [0.5, 0.6) is 0 Å². The summed E-state index contributed by atoms with van der Waals surface area (Å²) in [5, 5.41) is 12.2. The number of amides is 2. The standard InChI is InChI=1S/C33H37N5O3/c1-22-10-13-24(14-11-22)38-29(20-28(36-38)33(2,3)4)35-32(41)31(40)27-15-12-23(25-8-5-6-9-26(25)27)16-19-37-18-7-17-34-30(39)21-37/h5-6,8-15,20H,7,16-19,21H2,1-4H3,(H,34,39)(H,35,41). The van der Waals surface area contributed by atoms with E-state index in [0.29, 0.717) is 24.5 Å². The average molecular weight is 552 g/mol. The summed E-state index contributed by atoms with van der Waals surface area (Å²) in [7, 11) is 0. The van der Waals surface area contributed by atoms with Crippen LogP contribution in [0, 0.1) is 6.92 Å². The summed E-state index contributed by atoms with van der Waals surface area (Å²) < 4.78 is 1.68. The number of aryl methyl sites for hydroxylation is 1. The van der Waals surface area contributed by atoms with E-state index in [1.165, 1.54) is 0 Å². The summed E-state index contributed by atoms with van der Waals surface area (Å²) in [6.07, 6.45) is 1.66. The summed E-state index contributed by atoms with van der Waals surface area (Å²) in [5.74, 6) is -0.824. The molecular weight excluding hydrogens is 514 g/mol. The van der Waals surface area contributed by atoms with Crippen molar-refractivity contribution in [2.45, 2.75) is 46.0 Å². The maximum Gasteiger partial charge on any atom is 0.297 e. The number of aromatic nitrogens is 2. The minimum Gasteiger partial charge on any atom is -0.355 e. The second-order valence-electron chi connectivity index (χ2n) is 11.7. The highest BCUT2D eigenvalue weighted by molar-refractivity contribution is 6.48. The van der Waals surface area contributed by atoms with Crippen molar-refractivity contribution in [1.82, 2.24) is 20.0 Å². The van der Waals surface area contributed by atoms with Gasteiger partial charge in [-0.3, -0.25) is 19.3 Å². The molecule has 212 valence electrons. The maximum absolute atomic E-state index is 13.6. The minimum atomic E-state index is -0.716. The van der Waals surface area contributed by atoms with Crippen LogP contribution in [0.15, 0.2) is 66.7 Å². The highest BCUT2D eigenvalue weighted by atomic mass is 16.2. The molecule has 2 heterocycles. The van der Waals surface area contributed by atoms with Crippen molar-refractivity contribution in [3.05, 3.63) is 89.1 Å². The highest BCUT2D eigenvalue weighted by Crippen LogP contribution is 2.28. The smallest absolute Gasteiger partial charge is 0.297 e. The number of carbonyl (C=O) groups excluding carboxylic acids is 3. The fourth-order valence-electron chi connectivity index (χ4n) is 5.13. The number of anilines is 1. The zero-order valence-electron chi connectivity index (χ0n) is 24.2. The Labute approximate surface area is 240 Å². The lowest BCUT2D eigenvalue weighted by molar-refractivity contribution is -0.121. The van der Waals surface area contributed by atoms with Gasteiger partial charge in [-0.15, -0.1) is 0 Å². The number of fused-ring (bicyclic) bond motifs is 1. The van der Waals surface area contributed by atoms with E-state index in [1.807, 2.05) is 67.6 Å². The normalized spacial score (nSPS) is 14.5. The summed E-state index contributed by atoms with van der Waals surface area (Å²) in [5.41, 5.74) is 3.90. The number of rotatable bonds is 7. The van der Waals surface area contributed by atoms with E-state index >= 15 is 0 Å². The molecule has 2 amide bonds. The van der Waals surface area contributed by atoms with Crippen molar-refractivity contribution in [1.29, 1.82) is 0 Å². The van der Waals surface area contributed by atoms with Crippen molar-refractivity contribution in [2.24, 2.45) is 0 Å². The molecule has 0 aliphatic carbocycles. The third-order valence-electron chi connectivity index (χ3n) is 7.50. The van der Waals surface area contributed by atoms with Crippen molar-refractivity contribution in [2.75, 3.05) is 31.5 Å². The second-order valence-corrected chi connectivity index (χ2v) is 11.7. The van der Waals surface area contributed by atoms with E-state index in [0.717, 1.165) is 59.2 Å². The molecule has 1 fully saturated rings. The van der Waals surface area contributed by atoms with E-state index in [4.69, 9.17) is 5.10 Å². The molecule has 0 spiro atoms. The lowest BCUT2D eigenvalue weighted by atomic mass is 9.92. The molecule has 1 aliphatic rings. The zero-order valence-corrected chi connectivity index (χ0v) is 24.2. The molecule has 0 saturated carbocycles. The number of benzene rings is 3. The Bertz CT molecular complexity index is 1600. The van der Waals surface area contributed by atoms with Gasteiger partial charge in [-0.1, -0.05) is 68.8 Å². The SMILES string of the molecule is Cc1ccc(-n2nc(C(C)(C)C)cc2NC(=O)C(=O)c2ccc(CCN3CCCNC(=O)C3)c3ccccc23)cc1. The molecular formula is C33H37N5O3. The van der Waals surface area contributed by atoms with Crippen LogP contribution in [0.4, 0.5) is 5.82 Å². The Morgan fingerprint density at radius 2 is 1.73 bits per heavy atom. The number of nitrogens with one attached hydrogen (secondary N) is 2. The summed E-state index contributed by atoms with van der Waals surface area (Å²) in [4.78, 5) is 41.1. The molecule has 4 aromatic rings. The maximum atomic E-state index is 13.6. The van der Waals surface area contributed by atoms with Crippen LogP contribution in [-0.2, 0) is 21.4 Å². The van der Waals surface area contributed by atoms with Gasteiger partial charge in [-0.2, -0.15) is 5.10 Å². The van der Waals surface area contributed by atoms with Gasteiger partial charge in [0.25, 0.3) is 11.7 Å². The first-order chi connectivity index (χ1) is 19.6. The van der Waals surface area contributed by atoms with Crippen molar-refractivity contribution >= 4 is 34.2 Å². The number of hydrogen-bond donors (Lipinski definition) is 2. The number of hydrogen-bond acceptors (Lipinski definition) is 5. The Kier molecular flexibility index (Phi) is 8.03. The van der Waals surface area contributed by atoms with Gasteiger partial charge in [-0.25, -0.2) is 4.68 Å². The molecule has 0 unspecified atom stereocenters. The van der Waals surface area contributed by atoms with Crippen LogP contribution in [0.3, 0.4) is 0 Å². The molecule has 5 rings (SSSR count). The van der Waals surface area contributed by atoms with Gasteiger partial charge in [0.1, 0.15) is 5.82 Å². The van der Waals surface area contributed by atoms with Crippen LogP contribution < -0.4 is 10.6 Å². The summed E-state index contributed by atoms with van der Waals surface area (Å²) in [6.45, 7) is 10.9. The van der Waals surface area contributed by atoms with E-state index in [9.17, 15) is 14.4 Å². The number of carbonyl (C=O) groups is 3. The zero-order chi connectivity index (χ0) is 29.1. The Hall–Kier alpha value is -4.30. The summed E-state index contributed by atoms with van der Waals surface area (Å²) >= 11 is 0. The molecule has 1 saturated heterocycles. The van der Waals surface area contributed by atoms with Gasteiger partial charge in [0.05, 0.1) is 17.9 Å². The largest absolute Gasteiger partial charge is 0.355 e. The van der Waals surface area contributed by atoms with Crippen LogP contribution in [-0.4, -0.2) is 58.5 Å². The van der Waals surface area contributed by atoms with Gasteiger partial charge >= 0.3 is 0 Å². The first-order valence-electron chi connectivity index (χ1n) is 14.1. The lowest BCUT2D eigenvalue weighted by Crippen LogP contribution is -2.34.